The summed E-state index contributed by atoms with van der Waals surface area (Å²) in [6.45, 7) is 11.8. The number of rotatable bonds is 16. The van der Waals surface area contributed by atoms with Crippen molar-refractivity contribution in [2.24, 2.45) is 5.41 Å². The summed E-state index contributed by atoms with van der Waals surface area (Å²) < 4.78 is 0. The van der Waals surface area contributed by atoms with Crippen molar-refractivity contribution in [2.45, 2.75) is 144 Å². The van der Waals surface area contributed by atoms with Crippen LogP contribution in [0.4, 0.5) is 0 Å². The highest BCUT2D eigenvalue weighted by Gasteiger charge is 2.19. The molecule has 0 rings (SSSR count). The predicted molar refractivity (Wildman–Crippen MR) is 185 cm³/mol. The third-order valence-corrected chi connectivity index (χ3v) is 6.03. The first kappa shape index (κ1) is 40.8. The molecule has 0 saturated heterocycles. The van der Waals surface area contributed by atoms with Crippen LogP contribution >= 0.6 is 0 Å². The molecule has 0 aliphatic carbocycles. The average Bonchev–Trinajstić information content (AvgIpc) is 2.98. The van der Waals surface area contributed by atoms with Crippen molar-refractivity contribution in [3.63, 3.8) is 0 Å². The minimum absolute atomic E-state index is 0.143. The molecule has 0 unspecified atom stereocenters. The lowest BCUT2D eigenvalue weighted by Gasteiger charge is -2.16. The molecule has 0 radical (unpaired) electrons. The van der Waals surface area contributed by atoms with Crippen LogP contribution in [0.1, 0.15) is 144 Å². The highest BCUT2D eigenvalue weighted by atomic mass is 16.1. The van der Waals surface area contributed by atoms with Crippen molar-refractivity contribution in [3.8, 4) is 107 Å². The van der Waals surface area contributed by atoms with Crippen LogP contribution in [0, 0.1) is 112 Å². The van der Waals surface area contributed by atoms with Crippen LogP contribution in [0.3, 0.4) is 0 Å². The Hall–Kier alpha value is -4.29. The van der Waals surface area contributed by atoms with Gasteiger partial charge in [0.25, 0.3) is 0 Å². The van der Waals surface area contributed by atoms with Gasteiger partial charge in [-0.3, -0.25) is 4.79 Å². The van der Waals surface area contributed by atoms with Crippen molar-refractivity contribution in [2.75, 3.05) is 0 Å². The van der Waals surface area contributed by atoms with E-state index in [2.05, 4.69) is 113 Å². The number of ketones is 1. The molecule has 0 aliphatic rings. The molecule has 0 aromatic heterocycles. The molecule has 0 heterocycles. The van der Waals surface area contributed by atoms with Gasteiger partial charge in [0.15, 0.2) is 0 Å². The lowest BCUT2D eigenvalue weighted by molar-refractivity contribution is -0.126. The second-order valence-electron chi connectivity index (χ2n) is 10.9. The highest BCUT2D eigenvalue weighted by Crippen LogP contribution is 2.19. The van der Waals surface area contributed by atoms with Gasteiger partial charge in [-0.2, -0.15) is 0 Å². The second-order valence-corrected chi connectivity index (χ2v) is 10.9. The Balaban J connectivity index is 0. The average molecular weight is 571 g/mol. The zero-order valence-corrected chi connectivity index (χ0v) is 27.7. The van der Waals surface area contributed by atoms with Crippen molar-refractivity contribution >= 4 is 5.78 Å². The first-order valence-electron chi connectivity index (χ1n) is 15.8. The van der Waals surface area contributed by atoms with E-state index in [1.165, 1.54) is 89.9 Å². The minimum atomic E-state index is -0.143. The monoisotopic (exact) mass is 570 g/mol. The number of hydrogen-bond donors (Lipinski definition) is 0. The van der Waals surface area contributed by atoms with Gasteiger partial charge in [-0.1, -0.05) is 129 Å². The maximum atomic E-state index is 11.8. The number of unbranched alkanes of at least 4 members (excludes halogenated alkanes) is 14. The molecule has 0 N–H and O–H groups in total. The first-order chi connectivity index (χ1) is 20.9. The first-order valence-corrected chi connectivity index (χ1v) is 15.8. The minimum Gasteiger partial charge on any atom is -0.299 e. The van der Waals surface area contributed by atoms with E-state index in [4.69, 9.17) is 0 Å². The van der Waals surface area contributed by atoms with Crippen molar-refractivity contribution in [3.05, 3.63) is 0 Å². The Kier molecular flexibility index (Phi) is 32.2. The van der Waals surface area contributed by atoms with E-state index >= 15 is 0 Å². The Bertz CT molecular complexity index is 1260. The molecular weight excluding hydrogens is 520 g/mol. The molecule has 0 fully saturated rings. The van der Waals surface area contributed by atoms with Crippen LogP contribution < -0.4 is 0 Å². The maximum absolute atomic E-state index is 11.8. The van der Waals surface area contributed by atoms with Gasteiger partial charge in [-0.05, 0) is 115 Å². The summed E-state index contributed by atoms with van der Waals surface area (Å²) in [5, 5.41) is 0. The largest absolute Gasteiger partial charge is 0.299 e. The van der Waals surface area contributed by atoms with E-state index in [0.717, 1.165) is 12.8 Å². The molecule has 0 aliphatic heterocycles. The van der Waals surface area contributed by atoms with Crippen LogP contribution in [-0.4, -0.2) is 5.78 Å². The lowest BCUT2D eigenvalue weighted by Crippen LogP contribution is -2.19. The normalized spacial score (nSPS) is 8.14. The molecule has 0 saturated carbocycles. The zero-order valence-electron chi connectivity index (χ0n) is 27.7. The van der Waals surface area contributed by atoms with E-state index in [1.54, 1.807) is 13.8 Å². The van der Waals surface area contributed by atoms with Crippen LogP contribution in [0.2, 0.25) is 0 Å². The van der Waals surface area contributed by atoms with Crippen LogP contribution in [0.5, 0.6) is 0 Å². The molecular formula is C42H50O. The van der Waals surface area contributed by atoms with Gasteiger partial charge in [0.05, 0.1) is 0 Å². The smallest absolute Gasteiger partial charge is 0.138 e. The Morgan fingerprint density at radius 2 is 0.628 bits per heavy atom. The van der Waals surface area contributed by atoms with Crippen LogP contribution in [-0.2, 0) is 4.79 Å². The van der Waals surface area contributed by atoms with Gasteiger partial charge >= 0.3 is 0 Å². The Morgan fingerprint density at radius 1 is 0.395 bits per heavy atom. The van der Waals surface area contributed by atoms with E-state index in [1.807, 2.05) is 20.8 Å². The summed E-state index contributed by atoms with van der Waals surface area (Å²) >= 11 is 0. The summed E-state index contributed by atoms with van der Waals surface area (Å²) in [6.07, 6.45) is 21.5. The number of hydrogen-bond acceptors (Lipinski definition) is 1. The third kappa shape index (κ3) is 37.7. The molecule has 1 nitrogen and oxygen atoms in total. The number of carbonyl (C=O) groups excluding carboxylic acids is 1. The van der Waals surface area contributed by atoms with Crippen LogP contribution in [0.15, 0.2) is 0 Å². The topological polar surface area (TPSA) is 17.1 Å². The molecule has 0 aromatic rings. The summed E-state index contributed by atoms with van der Waals surface area (Å²) in [7, 11) is 0. The summed E-state index contributed by atoms with van der Waals surface area (Å²) in [4.78, 5) is 11.8. The van der Waals surface area contributed by atoms with E-state index in [-0.39, 0.29) is 5.41 Å². The van der Waals surface area contributed by atoms with Crippen molar-refractivity contribution in [1.29, 1.82) is 0 Å². The van der Waals surface area contributed by atoms with Gasteiger partial charge in [0.2, 0.25) is 0 Å². The van der Waals surface area contributed by atoms with E-state index in [9.17, 15) is 4.79 Å². The van der Waals surface area contributed by atoms with Gasteiger partial charge in [-0.15, -0.1) is 0 Å². The molecule has 43 heavy (non-hydrogen) atoms. The van der Waals surface area contributed by atoms with Gasteiger partial charge in [0, 0.05) is 11.8 Å². The Morgan fingerprint density at radius 3 is 0.860 bits per heavy atom. The predicted octanol–water partition coefficient (Wildman–Crippen LogP) is 8.92. The fraction of sp³-hybridized carbons (Fsp3) is 0.548. The summed E-state index contributed by atoms with van der Waals surface area (Å²) in [5.41, 5.74) is -0.143. The van der Waals surface area contributed by atoms with E-state index < -0.39 is 0 Å². The fourth-order valence-electron chi connectivity index (χ4n) is 3.59. The quantitative estimate of drug-likeness (QED) is 0.134. The standard InChI is InChI=1S/C22H44O.C20H6/c1-5-6-7-8-9-10-11-12-13-14-15-16-17-18-19-20-21(23)22(2,3)4;1-3-5-7-9-11-13-15-17-19-20-18-16-14-12-10-8-6-4-2/h5-20H2,1-4H3;1-2H3. The van der Waals surface area contributed by atoms with Crippen LogP contribution in [0.25, 0.3) is 0 Å². The molecule has 1 heteroatoms. The molecule has 0 bridgehead atoms. The number of carbonyl (C=O) groups is 1. The van der Waals surface area contributed by atoms with Gasteiger partial charge in [-0.25, -0.2) is 0 Å². The highest BCUT2D eigenvalue weighted by molar-refractivity contribution is 5.83. The zero-order chi connectivity index (χ0) is 32.1. The maximum Gasteiger partial charge on any atom is 0.138 e. The molecule has 0 atom stereocenters. The molecule has 0 amide bonds. The van der Waals surface area contributed by atoms with E-state index in [0.29, 0.717) is 5.78 Å². The molecule has 224 valence electrons. The fourth-order valence-corrected chi connectivity index (χ4v) is 3.59. The third-order valence-electron chi connectivity index (χ3n) is 6.03. The number of Topliss-reactive ketones (excluding diaryl/α,β-unsaturated/α-hetero) is 1. The van der Waals surface area contributed by atoms with Crippen molar-refractivity contribution < 1.29 is 4.79 Å². The van der Waals surface area contributed by atoms with Gasteiger partial charge < -0.3 is 0 Å². The second kappa shape index (κ2) is 33.9. The molecule has 0 aromatic carbocycles. The molecule has 0 spiro atoms. The van der Waals surface area contributed by atoms with Gasteiger partial charge in [0.1, 0.15) is 5.78 Å². The van der Waals surface area contributed by atoms with Crippen molar-refractivity contribution in [1.82, 2.24) is 0 Å². The Labute approximate surface area is 266 Å². The summed E-state index contributed by atoms with van der Waals surface area (Å²) in [6, 6.07) is 0. The SMILES string of the molecule is CC#CC#CC#CC#CC#CC#CC#CC#CC#CC.CCCCCCCCCCCCCCCCCC(=O)C(C)(C)C. The lowest BCUT2D eigenvalue weighted by atomic mass is 9.88. The summed E-state index contributed by atoms with van der Waals surface area (Å²) in [5.74, 6) is 46.0.